The summed E-state index contributed by atoms with van der Waals surface area (Å²) in [5, 5.41) is 0. The minimum absolute atomic E-state index is 0.372. The maximum atomic E-state index is 6.36. The van der Waals surface area contributed by atoms with Crippen LogP contribution in [-0.4, -0.2) is 13.2 Å². The zero-order chi connectivity index (χ0) is 22.2. The molecule has 0 saturated carbocycles. The van der Waals surface area contributed by atoms with Crippen LogP contribution in [-0.2, 0) is 29.1 Å². The van der Waals surface area contributed by atoms with E-state index < -0.39 is 0 Å². The van der Waals surface area contributed by atoms with Gasteiger partial charge in [0.05, 0.1) is 13.2 Å². The van der Waals surface area contributed by atoms with Gasteiger partial charge in [0.2, 0.25) is 0 Å². The van der Waals surface area contributed by atoms with E-state index in [0.717, 1.165) is 34.4 Å². The first-order valence-electron chi connectivity index (χ1n) is 11.1. The Labute approximate surface area is 190 Å². The molecule has 4 nitrogen and oxygen atoms in total. The summed E-state index contributed by atoms with van der Waals surface area (Å²) in [4.78, 5) is 0. The molecule has 1 heterocycles. The lowest BCUT2D eigenvalue weighted by Gasteiger charge is -2.20. The molecule has 3 aromatic carbocycles. The molecule has 0 unspecified atom stereocenters. The van der Waals surface area contributed by atoms with E-state index in [4.69, 9.17) is 18.9 Å². The SMILES string of the molecule is CC(C)=CCc1cc(C2OCCO2)cc(OCc2ccccc2)c1OCc1ccccc1. The van der Waals surface area contributed by atoms with Crippen molar-refractivity contribution in [3.8, 4) is 11.5 Å². The van der Waals surface area contributed by atoms with Crippen molar-refractivity contribution < 1.29 is 18.9 Å². The average Bonchev–Trinajstić information content (AvgIpc) is 3.36. The Hall–Kier alpha value is -3.08. The molecule has 0 atom stereocenters. The molecule has 0 amide bonds. The second-order valence-electron chi connectivity index (χ2n) is 8.11. The van der Waals surface area contributed by atoms with E-state index in [1.54, 1.807) is 0 Å². The summed E-state index contributed by atoms with van der Waals surface area (Å²) in [6.07, 6.45) is 2.57. The van der Waals surface area contributed by atoms with Gasteiger partial charge in [0.25, 0.3) is 0 Å². The van der Waals surface area contributed by atoms with Gasteiger partial charge in [-0.1, -0.05) is 72.3 Å². The first-order valence-corrected chi connectivity index (χ1v) is 11.1. The summed E-state index contributed by atoms with van der Waals surface area (Å²) in [7, 11) is 0. The van der Waals surface area contributed by atoms with Crippen molar-refractivity contribution in [3.63, 3.8) is 0 Å². The van der Waals surface area contributed by atoms with Gasteiger partial charge < -0.3 is 18.9 Å². The highest BCUT2D eigenvalue weighted by Crippen LogP contribution is 2.38. The van der Waals surface area contributed by atoms with Gasteiger partial charge in [-0.05, 0) is 43.5 Å². The van der Waals surface area contributed by atoms with E-state index in [2.05, 4.69) is 50.3 Å². The molecular formula is C28H30O4. The summed E-state index contributed by atoms with van der Waals surface area (Å²) < 4.78 is 24.2. The third-order valence-corrected chi connectivity index (χ3v) is 5.24. The molecule has 1 saturated heterocycles. The minimum Gasteiger partial charge on any atom is -0.485 e. The molecule has 0 aromatic heterocycles. The minimum atomic E-state index is -0.372. The van der Waals surface area contributed by atoms with Crippen molar-refractivity contribution >= 4 is 0 Å². The van der Waals surface area contributed by atoms with Gasteiger partial charge in [0.15, 0.2) is 17.8 Å². The van der Waals surface area contributed by atoms with Crippen LogP contribution in [0.5, 0.6) is 11.5 Å². The normalized spacial score (nSPS) is 13.7. The molecule has 4 heteroatoms. The van der Waals surface area contributed by atoms with Crippen LogP contribution in [0.15, 0.2) is 84.4 Å². The summed E-state index contributed by atoms with van der Waals surface area (Å²) in [5.41, 5.74) is 5.48. The molecule has 0 bridgehead atoms. The predicted molar refractivity (Wildman–Crippen MR) is 126 cm³/mol. The van der Waals surface area contributed by atoms with E-state index in [1.165, 1.54) is 5.57 Å². The van der Waals surface area contributed by atoms with Gasteiger partial charge in [-0.15, -0.1) is 0 Å². The van der Waals surface area contributed by atoms with Crippen molar-refractivity contribution in [1.29, 1.82) is 0 Å². The van der Waals surface area contributed by atoms with Crippen molar-refractivity contribution in [2.75, 3.05) is 13.2 Å². The van der Waals surface area contributed by atoms with Gasteiger partial charge in [0, 0.05) is 11.1 Å². The molecule has 32 heavy (non-hydrogen) atoms. The van der Waals surface area contributed by atoms with E-state index in [1.807, 2.05) is 42.5 Å². The van der Waals surface area contributed by atoms with E-state index in [-0.39, 0.29) is 6.29 Å². The largest absolute Gasteiger partial charge is 0.485 e. The highest BCUT2D eigenvalue weighted by molar-refractivity contribution is 5.51. The summed E-state index contributed by atoms with van der Waals surface area (Å²) in [6, 6.07) is 24.4. The van der Waals surface area contributed by atoms with Crippen LogP contribution in [0, 0.1) is 0 Å². The Morgan fingerprint density at radius 1 is 0.844 bits per heavy atom. The molecule has 166 valence electrons. The van der Waals surface area contributed by atoms with Gasteiger partial charge in [-0.3, -0.25) is 0 Å². The maximum Gasteiger partial charge on any atom is 0.184 e. The topological polar surface area (TPSA) is 36.9 Å². The Bertz CT molecular complexity index is 1020. The Morgan fingerprint density at radius 2 is 1.44 bits per heavy atom. The van der Waals surface area contributed by atoms with Crippen LogP contribution >= 0.6 is 0 Å². The first kappa shape index (κ1) is 22.1. The Morgan fingerprint density at radius 3 is 2.03 bits per heavy atom. The average molecular weight is 431 g/mol. The lowest BCUT2D eigenvalue weighted by molar-refractivity contribution is -0.0443. The number of hydrogen-bond acceptors (Lipinski definition) is 4. The Balaban J connectivity index is 1.68. The molecule has 1 aliphatic heterocycles. The van der Waals surface area contributed by atoms with Gasteiger partial charge in [-0.2, -0.15) is 0 Å². The van der Waals surface area contributed by atoms with Gasteiger partial charge >= 0.3 is 0 Å². The standard InChI is InChI=1S/C28H30O4/c1-21(2)13-14-24-17-25(28-29-15-16-30-28)18-26(31-19-22-9-5-3-6-10-22)27(24)32-20-23-11-7-4-8-12-23/h3-13,17-18,28H,14-16,19-20H2,1-2H3. The second-order valence-corrected chi connectivity index (χ2v) is 8.11. The van der Waals surface area contributed by atoms with Gasteiger partial charge in [0.1, 0.15) is 13.2 Å². The molecule has 0 N–H and O–H groups in total. The van der Waals surface area contributed by atoms with Crippen LogP contribution < -0.4 is 9.47 Å². The van der Waals surface area contributed by atoms with Crippen LogP contribution in [0.25, 0.3) is 0 Å². The monoisotopic (exact) mass is 430 g/mol. The molecule has 0 aliphatic carbocycles. The zero-order valence-corrected chi connectivity index (χ0v) is 18.8. The fourth-order valence-corrected chi connectivity index (χ4v) is 3.57. The number of rotatable bonds is 9. The molecule has 0 spiro atoms. The quantitative estimate of drug-likeness (QED) is 0.368. The lowest BCUT2D eigenvalue weighted by Crippen LogP contribution is -2.06. The number of hydrogen-bond donors (Lipinski definition) is 0. The van der Waals surface area contributed by atoms with Crippen molar-refractivity contribution in [2.24, 2.45) is 0 Å². The van der Waals surface area contributed by atoms with Crippen LogP contribution in [0.1, 0.15) is 42.4 Å². The first-order chi connectivity index (χ1) is 15.7. The van der Waals surface area contributed by atoms with Crippen LogP contribution in [0.2, 0.25) is 0 Å². The molecule has 0 radical (unpaired) electrons. The molecule has 4 rings (SSSR count). The molecule has 1 aliphatic rings. The van der Waals surface area contributed by atoms with Crippen molar-refractivity contribution in [3.05, 3.63) is 107 Å². The van der Waals surface area contributed by atoms with Crippen molar-refractivity contribution in [1.82, 2.24) is 0 Å². The Kier molecular flexibility index (Phi) is 7.59. The molecular weight excluding hydrogens is 400 g/mol. The second kappa shape index (κ2) is 11.0. The van der Waals surface area contributed by atoms with Gasteiger partial charge in [-0.25, -0.2) is 0 Å². The van der Waals surface area contributed by atoms with E-state index >= 15 is 0 Å². The summed E-state index contributed by atoms with van der Waals surface area (Å²) in [5.74, 6) is 1.47. The number of allylic oxidation sites excluding steroid dienone is 2. The summed E-state index contributed by atoms with van der Waals surface area (Å²) in [6.45, 7) is 6.33. The number of ether oxygens (including phenoxy) is 4. The van der Waals surface area contributed by atoms with Crippen molar-refractivity contribution in [2.45, 2.75) is 39.8 Å². The van der Waals surface area contributed by atoms with Crippen LogP contribution in [0.3, 0.4) is 0 Å². The highest BCUT2D eigenvalue weighted by Gasteiger charge is 2.23. The fourth-order valence-electron chi connectivity index (χ4n) is 3.57. The highest BCUT2D eigenvalue weighted by atomic mass is 16.7. The van der Waals surface area contributed by atoms with E-state index in [0.29, 0.717) is 32.2 Å². The third kappa shape index (κ3) is 6.00. The third-order valence-electron chi connectivity index (χ3n) is 5.24. The smallest absolute Gasteiger partial charge is 0.184 e. The summed E-state index contributed by atoms with van der Waals surface area (Å²) >= 11 is 0. The van der Waals surface area contributed by atoms with E-state index in [9.17, 15) is 0 Å². The number of benzene rings is 3. The predicted octanol–water partition coefficient (Wildman–Crippen LogP) is 6.40. The molecule has 3 aromatic rings. The maximum absolute atomic E-state index is 6.36. The van der Waals surface area contributed by atoms with Crippen LogP contribution in [0.4, 0.5) is 0 Å². The zero-order valence-electron chi connectivity index (χ0n) is 18.8. The lowest BCUT2D eigenvalue weighted by atomic mass is 10.0. The molecule has 1 fully saturated rings. The fraction of sp³-hybridized carbons (Fsp3) is 0.286.